The maximum absolute atomic E-state index is 11.5. The molecule has 0 aromatic carbocycles. The maximum Gasteiger partial charge on any atom is 0.330 e. The van der Waals surface area contributed by atoms with Gasteiger partial charge >= 0.3 is 5.97 Å². The molecule has 19 heavy (non-hydrogen) atoms. The molecule has 1 fully saturated rings. The molecule has 0 bridgehead atoms. The lowest BCUT2D eigenvalue weighted by atomic mass is 10.0. The fraction of sp³-hybridized carbons (Fsp3) is 0.688. The number of aliphatic hydroxyl groups excluding tert-OH is 1. The van der Waals surface area contributed by atoms with Gasteiger partial charge in [-0.1, -0.05) is 37.8 Å². The second-order valence-corrected chi connectivity index (χ2v) is 5.42. The van der Waals surface area contributed by atoms with Crippen molar-refractivity contribution in [1.29, 1.82) is 0 Å². The number of hydrogen-bond donors (Lipinski definition) is 1. The molecule has 2 unspecified atom stereocenters. The topological polar surface area (TPSA) is 46.5 Å². The predicted molar refractivity (Wildman–Crippen MR) is 76.7 cm³/mol. The molecule has 1 aliphatic rings. The molecule has 0 saturated heterocycles. The lowest BCUT2D eigenvalue weighted by molar-refractivity contribution is -0.142. The number of rotatable bonds is 8. The van der Waals surface area contributed by atoms with Crippen LogP contribution in [0.4, 0.5) is 0 Å². The first-order valence-electron chi connectivity index (χ1n) is 7.29. The molecule has 1 saturated carbocycles. The number of hydrogen-bond acceptors (Lipinski definition) is 3. The van der Waals surface area contributed by atoms with Crippen molar-refractivity contribution in [3.8, 4) is 0 Å². The highest BCUT2D eigenvalue weighted by molar-refractivity contribution is 5.81. The van der Waals surface area contributed by atoms with E-state index in [9.17, 15) is 9.90 Å². The molecule has 0 aromatic heterocycles. The highest BCUT2D eigenvalue weighted by Gasteiger charge is 2.13. The van der Waals surface area contributed by atoms with Gasteiger partial charge in [0.25, 0.3) is 0 Å². The molecule has 3 nitrogen and oxygen atoms in total. The first kappa shape index (κ1) is 16.0. The number of carbonyl (C=O) groups excluding carboxylic acids is 1. The summed E-state index contributed by atoms with van der Waals surface area (Å²) in [5, 5.41) is 9.33. The average molecular weight is 266 g/mol. The molecular formula is C16H26O3. The summed E-state index contributed by atoms with van der Waals surface area (Å²) in [6.45, 7) is 5.35. The molecule has 3 heteroatoms. The van der Waals surface area contributed by atoms with E-state index in [-0.39, 0.29) is 12.1 Å². The van der Waals surface area contributed by atoms with Crippen molar-refractivity contribution in [3.05, 3.63) is 24.8 Å². The second-order valence-electron chi connectivity index (χ2n) is 5.42. The van der Waals surface area contributed by atoms with E-state index >= 15 is 0 Å². The third-order valence-corrected chi connectivity index (χ3v) is 3.66. The Balaban J connectivity index is 2.14. The van der Waals surface area contributed by atoms with Crippen molar-refractivity contribution in [2.45, 2.75) is 64.1 Å². The van der Waals surface area contributed by atoms with E-state index in [4.69, 9.17) is 4.74 Å². The Morgan fingerprint density at radius 2 is 2.11 bits per heavy atom. The SMILES string of the molecule is C=CC(O)CCC(C)OC(=O)/C=C/CC1CCCC1. The smallest absolute Gasteiger partial charge is 0.330 e. The summed E-state index contributed by atoms with van der Waals surface area (Å²) >= 11 is 0. The summed E-state index contributed by atoms with van der Waals surface area (Å²) in [5.74, 6) is 0.475. The van der Waals surface area contributed by atoms with Crippen LogP contribution < -0.4 is 0 Å². The van der Waals surface area contributed by atoms with Gasteiger partial charge in [-0.05, 0) is 32.1 Å². The molecule has 1 rings (SSSR count). The van der Waals surface area contributed by atoms with Crippen LogP contribution in [0.15, 0.2) is 24.8 Å². The summed E-state index contributed by atoms with van der Waals surface area (Å²) in [6.07, 6.45) is 11.7. The summed E-state index contributed by atoms with van der Waals surface area (Å²) in [6, 6.07) is 0. The van der Waals surface area contributed by atoms with Gasteiger partial charge in [0.05, 0.1) is 12.2 Å². The lowest BCUT2D eigenvalue weighted by Gasteiger charge is -2.13. The first-order valence-corrected chi connectivity index (χ1v) is 7.29. The van der Waals surface area contributed by atoms with Crippen LogP contribution in [0, 0.1) is 5.92 Å². The van der Waals surface area contributed by atoms with Crippen LogP contribution in [0.3, 0.4) is 0 Å². The quantitative estimate of drug-likeness (QED) is 0.416. The Hall–Kier alpha value is -1.09. The van der Waals surface area contributed by atoms with Crippen molar-refractivity contribution in [2.75, 3.05) is 0 Å². The van der Waals surface area contributed by atoms with Crippen molar-refractivity contribution in [1.82, 2.24) is 0 Å². The Morgan fingerprint density at radius 1 is 1.42 bits per heavy atom. The monoisotopic (exact) mass is 266 g/mol. The Kier molecular flexibility index (Phi) is 7.49. The average Bonchev–Trinajstić information content (AvgIpc) is 2.89. The highest BCUT2D eigenvalue weighted by atomic mass is 16.5. The minimum Gasteiger partial charge on any atom is -0.460 e. The Bertz CT molecular complexity index is 303. The minimum absolute atomic E-state index is 0.168. The van der Waals surface area contributed by atoms with E-state index < -0.39 is 6.10 Å². The van der Waals surface area contributed by atoms with Gasteiger partial charge in [-0.3, -0.25) is 0 Å². The minimum atomic E-state index is -0.515. The molecule has 2 atom stereocenters. The van der Waals surface area contributed by atoms with Gasteiger partial charge in [-0.25, -0.2) is 4.79 Å². The van der Waals surface area contributed by atoms with Crippen LogP contribution >= 0.6 is 0 Å². The number of ether oxygens (including phenoxy) is 1. The van der Waals surface area contributed by atoms with E-state index in [0.717, 1.165) is 12.3 Å². The van der Waals surface area contributed by atoms with Gasteiger partial charge in [0.15, 0.2) is 0 Å². The summed E-state index contributed by atoms with van der Waals surface area (Å²) in [4.78, 5) is 11.5. The third kappa shape index (κ3) is 7.16. The summed E-state index contributed by atoms with van der Waals surface area (Å²) in [7, 11) is 0. The fourth-order valence-electron chi connectivity index (χ4n) is 2.42. The third-order valence-electron chi connectivity index (χ3n) is 3.66. The van der Waals surface area contributed by atoms with E-state index in [1.165, 1.54) is 31.8 Å². The maximum atomic E-state index is 11.5. The zero-order valence-electron chi connectivity index (χ0n) is 11.9. The van der Waals surface area contributed by atoms with Gasteiger partial charge < -0.3 is 9.84 Å². The van der Waals surface area contributed by atoms with Crippen molar-refractivity contribution in [2.24, 2.45) is 5.92 Å². The van der Waals surface area contributed by atoms with Crippen LogP contribution in [0.25, 0.3) is 0 Å². The molecule has 1 N–H and O–H groups in total. The van der Waals surface area contributed by atoms with Crippen LogP contribution in [-0.4, -0.2) is 23.3 Å². The zero-order valence-corrected chi connectivity index (χ0v) is 11.9. The normalized spacial score (nSPS) is 19.5. The van der Waals surface area contributed by atoms with Crippen molar-refractivity contribution < 1.29 is 14.6 Å². The summed E-state index contributed by atoms with van der Waals surface area (Å²) in [5.41, 5.74) is 0. The molecule has 1 aliphatic carbocycles. The molecule has 0 aromatic rings. The van der Waals surface area contributed by atoms with Gasteiger partial charge in [0.1, 0.15) is 0 Å². The lowest BCUT2D eigenvalue weighted by Crippen LogP contribution is -2.15. The largest absolute Gasteiger partial charge is 0.460 e. The molecule has 0 radical (unpaired) electrons. The number of aliphatic hydroxyl groups is 1. The van der Waals surface area contributed by atoms with Gasteiger partial charge in [0, 0.05) is 6.08 Å². The first-order chi connectivity index (χ1) is 9.11. The van der Waals surface area contributed by atoms with Crippen LogP contribution in [0.5, 0.6) is 0 Å². The second kappa shape index (κ2) is 8.92. The van der Waals surface area contributed by atoms with E-state index in [1.807, 2.05) is 13.0 Å². The van der Waals surface area contributed by atoms with Crippen LogP contribution in [-0.2, 0) is 9.53 Å². The number of esters is 1. The molecule has 0 amide bonds. The Morgan fingerprint density at radius 3 is 2.74 bits per heavy atom. The van der Waals surface area contributed by atoms with E-state index in [0.29, 0.717) is 12.8 Å². The van der Waals surface area contributed by atoms with Gasteiger partial charge in [0.2, 0.25) is 0 Å². The fourth-order valence-corrected chi connectivity index (χ4v) is 2.42. The van der Waals surface area contributed by atoms with Gasteiger partial charge in [-0.2, -0.15) is 0 Å². The molecule has 0 aliphatic heterocycles. The van der Waals surface area contributed by atoms with Gasteiger partial charge in [-0.15, -0.1) is 6.58 Å². The number of carbonyl (C=O) groups is 1. The Labute approximate surface area is 116 Å². The number of allylic oxidation sites excluding steroid dienone is 1. The molecular weight excluding hydrogens is 240 g/mol. The van der Waals surface area contributed by atoms with Crippen molar-refractivity contribution in [3.63, 3.8) is 0 Å². The van der Waals surface area contributed by atoms with Crippen molar-refractivity contribution >= 4 is 5.97 Å². The molecule has 0 heterocycles. The van der Waals surface area contributed by atoms with Crippen LogP contribution in [0.1, 0.15) is 51.9 Å². The summed E-state index contributed by atoms with van der Waals surface area (Å²) < 4.78 is 5.24. The molecule has 0 spiro atoms. The zero-order chi connectivity index (χ0) is 14.1. The predicted octanol–water partition coefficient (Wildman–Crippen LogP) is 3.38. The standard InChI is InChI=1S/C16H26O3/c1-3-15(17)12-11-13(2)19-16(18)10-6-9-14-7-4-5-8-14/h3,6,10,13-15,17H,1,4-5,7-9,11-12H2,2H3/b10-6+. The highest BCUT2D eigenvalue weighted by Crippen LogP contribution is 2.27. The van der Waals surface area contributed by atoms with E-state index in [2.05, 4.69) is 6.58 Å². The van der Waals surface area contributed by atoms with E-state index in [1.54, 1.807) is 6.08 Å². The van der Waals surface area contributed by atoms with Crippen LogP contribution in [0.2, 0.25) is 0 Å². The molecule has 108 valence electrons.